The zero-order valence-corrected chi connectivity index (χ0v) is 13.8. The molecule has 0 amide bonds. The molecule has 0 aliphatic heterocycles. The lowest BCUT2D eigenvalue weighted by Gasteiger charge is -2.37. The molecule has 0 bridgehead atoms. The fraction of sp³-hybridized carbons (Fsp3) is 0.200. The summed E-state index contributed by atoms with van der Waals surface area (Å²) in [7, 11) is 0. The molecule has 112 valence electrons. The molecule has 2 aromatic rings. The first-order valence-electron chi connectivity index (χ1n) is 7.44. The van der Waals surface area contributed by atoms with Crippen LogP contribution in [0.2, 0.25) is 0 Å². The van der Waals surface area contributed by atoms with Crippen LogP contribution in [-0.4, -0.2) is 11.8 Å². The second-order valence-electron chi connectivity index (χ2n) is 5.62. The molecule has 1 aliphatic rings. The van der Waals surface area contributed by atoms with Crippen LogP contribution in [0, 0.1) is 0 Å². The van der Waals surface area contributed by atoms with Gasteiger partial charge in [0.25, 0.3) is 0 Å². The number of rotatable bonds is 4. The normalized spacial score (nSPS) is 21.2. The molecule has 0 saturated carbocycles. The lowest BCUT2D eigenvalue weighted by molar-refractivity contribution is 0.625. The molecule has 0 aromatic heterocycles. The number of hydrogen-bond acceptors (Lipinski definition) is 0. The molecule has 22 heavy (non-hydrogen) atoms. The van der Waals surface area contributed by atoms with Crippen LogP contribution in [-0.2, 0) is 5.41 Å². The molecule has 0 nitrogen and oxygen atoms in total. The van der Waals surface area contributed by atoms with Gasteiger partial charge in [-0.25, -0.2) is 0 Å². The third kappa shape index (κ3) is 2.74. The third-order valence-electron chi connectivity index (χ3n) is 4.35. The summed E-state index contributed by atoms with van der Waals surface area (Å²) >= 11 is 12.6. The SMILES string of the molecule is ClCC1=CCC(CCl)(c2ccccc2)C(c2ccccc2)=C1. The van der Waals surface area contributed by atoms with Gasteiger partial charge in [0.1, 0.15) is 0 Å². The Hall–Kier alpha value is -1.50. The van der Waals surface area contributed by atoms with Crippen molar-refractivity contribution in [3.8, 4) is 0 Å². The summed E-state index contributed by atoms with van der Waals surface area (Å²) in [6.45, 7) is 0. The standard InChI is InChI=1S/C20H18Cl2/c21-14-16-11-12-20(15-22,18-9-5-2-6-10-18)19(13-16)17-7-3-1-4-8-17/h1-11,13H,12,14-15H2. The number of benzene rings is 2. The van der Waals surface area contributed by atoms with Gasteiger partial charge in [-0.15, -0.1) is 23.2 Å². The second-order valence-corrected chi connectivity index (χ2v) is 6.16. The predicted molar refractivity (Wildman–Crippen MR) is 96.7 cm³/mol. The first-order chi connectivity index (χ1) is 10.8. The highest BCUT2D eigenvalue weighted by Crippen LogP contribution is 2.46. The molecule has 2 aromatic carbocycles. The van der Waals surface area contributed by atoms with E-state index in [1.54, 1.807) is 0 Å². The molecule has 0 radical (unpaired) electrons. The van der Waals surface area contributed by atoms with Gasteiger partial charge in [0.05, 0.1) is 0 Å². The topological polar surface area (TPSA) is 0 Å². The molecule has 0 N–H and O–H groups in total. The number of hydrogen-bond donors (Lipinski definition) is 0. The Morgan fingerprint density at radius 1 is 0.864 bits per heavy atom. The minimum absolute atomic E-state index is 0.195. The van der Waals surface area contributed by atoms with Crippen LogP contribution >= 0.6 is 23.2 Å². The number of halogens is 2. The Balaban J connectivity index is 2.17. The minimum Gasteiger partial charge on any atom is -0.125 e. The van der Waals surface area contributed by atoms with Crippen molar-refractivity contribution in [3.05, 3.63) is 89.5 Å². The molecule has 2 heteroatoms. The zero-order chi connectivity index (χ0) is 15.4. The van der Waals surface area contributed by atoms with E-state index in [9.17, 15) is 0 Å². The van der Waals surface area contributed by atoms with Gasteiger partial charge in [0.15, 0.2) is 0 Å². The quantitative estimate of drug-likeness (QED) is 0.620. The lowest BCUT2D eigenvalue weighted by atomic mass is 9.68. The maximum Gasteiger partial charge on any atom is 0.0471 e. The Labute approximate surface area is 142 Å². The van der Waals surface area contributed by atoms with Gasteiger partial charge >= 0.3 is 0 Å². The summed E-state index contributed by atoms with van der Waals surface area (Å²) in [5.41, 5.74) is 4.69. The molecule has 0 spiro atoms. The smallest absolute Gasteiger partial charge is 0.0471 e. The van der Waals surface area contributed by atoms with E-state index in [1.165, 1.54) is 16.7 Å². The number of allylic oxidation sites excluding steroid dienone is 4. The molecule has 0 saturated heterocycles. The Kier molecular flexibility index (Phi) is 4.71. The molecule has 3 rings (SSSR count). The van der Waals surface area contributed by atoms with Crippen LogP contribution in [0.4, 0.5) is 0 Å². The van der Waals surface area contributed by atoms with Gasteiger partial charge < -0.3 is 0 Å². The molecular weight excluding hydrogens is 311 g/mol. The molecular formula is C20H18Cl2. The van der Waals surface area contributed by atoms with Crippen molar-refractivity contribution in [2.75, 3.05) is 11.8 Å². The Morgan fingerprint density at radius 2 is 1.50 bits per heavy atom. The van der Waals surface area contributed by atoms with E-state index >= 15 is 0 Å². The van der Waals surface area contributed by atoms with Gasteiger partial charge in [-0.05, 0) is 28.7 Å². The van der Waals surface area contributed by atoms with Crippen molar-refractivity contribution in [3.63, 3.8) is 0 Å². The minimum atomic E-state index is -0.195. The molecule has 1 atom stereocenters. The number of alkyl halides is 2. The highest BCUT2D eigenvalue weighted by molar-refractivity contribution is 6.20. The average molecular weight is 329 g/mol. The van der Waals surface area contributed by atoms with Crippen molar-refractivity contribution in [1.82, 2.24) is 0 Å². The fourth-order valence-electron chi connectivity index (χ4n) is 3.10. The van der Waals surface area contributed by atoms with E-state index in [0.29, 0.717) is 11.8 Å². The van der Waals surface area contributed by atoms with E-state index < -0.39 is 0 Å². The van der Waals surface area contributed by atoms with E-state index in [0.717, 1.165) is 12.0 Å². The van der Waals surface area contributed by atoms with E-state index in [-0.39, 0.29) is 5.41 Å². The molecule has 1 aliphatic carbocycles. The van der Waals surface area contributed by atoms with Crippen LogP contribution in [0.1, 0.15) is 17.5 Å². The summed E-state index contributed by atoms with van der Waals surface area (Å²) < 4.78 is 0. The Morgan fingerprint density at radius 3 is 2.09 bits per heavy atom. The van der Waals surface area contributed by atoms with Crippen LogP contribution < -0.4 is 0 Å². The summed E-state index contributed by atoms with van der Waals surface area (Å²) in [4.78, 5) is 0. The van der Waals surface area contributed by atoms with E-state index in [4.69, 9.17) is 23.2 Å². The van der Waals surface area contributed by atoms with Gasteiger partial charge in [-0.1, -0.05) is 72.8 Å². The van der Waals surface area contributed by atoms with Crippen LogP contribution in [0.25, 0.3) is 5.57 Å². The molecule has 1 unspecified atom stereocenters. The zero-order valence-electron chi connectivity index (χ0n) is 12.3. The monoisotopic (exact) mass is 328 g/mol. The molecule has 0 fully saturated rings. The van der Waals surface area contributed by atoms with Crippen LogP contribution in [0.3, 0.4) is 0 Å². The summed E-state index contributed by atoms with van der Waals surface area (Å²) in [6.07, 6.45) is 5.30. The first-order valence-corrected chi connectivity index (χ1v) is 8.51. The van der Waals surface area contributed by atoms with Crippen molar-refractivity contribution in [2.45, 2.75) is 11.8 Å². The molecule has 0 heterocycles. The lowest BCUT2D eigenvalue weighted by Crippen LogP contribution is -2.31. The van der Waals surface area contributed by atoms with Gasteiger partial charge in [0.2, 0.25) is 0 Å². The van der Waals surface area contributed by atoms with Crippen molar-refractivity contribution < 1.29 is 0 Å². The summed E-state index contributed by atoms with van der Waals surface area (Å²) in [5, 5.41) is 0. The van der Waals surface area contributed by atoms with Gasteiger partial charge in [-0.2, -0.15) is 0 Å². The van der Waals surface area contributed by atoms with Crippen molar-refractivity contribution in [2.24, 2.45) is 0 Å². The van der Waals surface area contributed by atoms with Crippen LogP contribution in [0.5, 0.6) is 0 Å². The van der Waals surface area contributed by atoms with E-state index in [2.05, 4.69) is 60.7 Å². The maximum atomic E-state index is 6.50. The van der Waals surface area contributed by atoms with Gasteiger partial charge in [-0.3, -0.25) is 0 Å². The highest BCUT2D eigenvalue weighted by Gasteiger charge is 2.37. The third-order valence-corrected chi connectivity index (χ3v) is 5.12. The predicted octanol–water partition coefficient (Wildman–Crippen LogP) is 5.82. The first kappa shape index (κ1) is 15.4. The van der Waals surface area contributed by atoms with Crippen LogP contribution in [0.15, 0.2) is 78.4 Å². The van der Waals surface area contributed by atoms with E-state index in [1.807, 2.05) is 12.1 Å². The second kappa shape index (κ2) is 6.73. The maximum absolute atomic E-state index is 6.50. The van der Waals surface area contributed by atoms with Crippen molar-refractivity contribution >= 4 is 28.8 Å². The van der Waals surface area contributed by atoms with Gasteiger partial charge in [0, 0.05) is 17.2 Å². The average Bonchev–Trinajstić information content (AvgIpc) is 2.62. The largest absolute Gasteiger partial charge is 0.125 e. The van der Waals surface area contributed by atoms with Crippen molar-refractivity contribution in [1.29, 1.82) is 0 Å². The fourth-order valence-corrected chi connectivity index (χ4v) is 3.70. The highest BCUT2D eigenvalue weighted by atomic mass is 35.5. The Bertz CT molecular complexity index is 686. The summed E-state index contributed by atoms with van der Waals surface area (Å²) in [6, 6.07) is 21.0. The summed E-state index contributed by atoms with van der Waals surface area (Å²) in [5.74, 6) is 1.08.